The molecular weight excluding hydrogens is 226 g/mol. The number of carbonyl (C=O) groups is 1. The van der Waals surface area contributed by atoms with Gasteiger partial charge >= 0.3 is 5.97 Å². The first-order chi connectivity index (χ1) is 8.15. The van der Waals surface area contributed by atoms with Crippen LogP contribution < -0.4 is 0 Å². The number of methoxy groups -OCH3 is 2. The van der Waals surface area contributed by atoms with Crippen molar-refractivity contribution in [2.75, 3.05) is 53.7 Å². The quantitative estimate of drug-likeness (QED) is 0.559. The number of carboxylic acids is 1. The number of nitrogens with zero attached hydrogens (tertiary/aromatic N) is 1. The van der Waals surface area contributed by atoms with Crippen LogP contribution in [0, 0.1) is 0 Å². The van der Waals surface area contributed by atoms with Crippen LogP contribution in [0.1, 0.15) is 6.92 Å². The van der Waals surface area contributed by atoms with Gasteiger partial charge in [0.25, 0.3) is 0 Å². The van der Waals surface area contributed by atoms with Crippen molar-refractivity contribution < 1.29 is 24.1 Å². The minimum absolute atomic E-state index is 0.343. The zero-order valence-electron chi connectivity index (χ0n) is 10.8. The number of hydrogen-bond acceptors (Lipinski definition) is 5. The molecule has 0 aromatic carbocycles. The standard InChI is InChI=1S/C11H23NO5/c1-4-17-10(11(13)14)9-12(5-7-15-2)6-8-16-3/h10H,4-9H2,1-3H3,(H,13,14). The van der Waals surface area contributed by atoms with E-state index in [2.05, 4.69) is 0 Å². The Morgan fingerprint density at radius 2 is 1.76 bits per heavy atom. The van der Waals surface area contributed by atoms with Crippen LogP contribution in [0.4, 0.5) is 0 Å². The van der Waals surface area contributed by atoms with E-state index >= 15 is 0 Å². The van der Waals surface area contributed by atoms with Gasteiger partial charge in [-0.25, -0.2) is 4.79 Å². The molecule has 0 aliphatic rings. The van der Waals surface area contributed by atoms with E-state index < -0.39 is 12.1 Å². The first-order valence-corrected chi connectivity index (χ1v) is 5.70. The van der Waals surface area contributed by atoms with E-state index in [1.807, 2.05) is 4.90 Å². The maximum atomic E-state index is 11.0. The van der Waals surface area contributed by atoms with Gasteiger partial charge in [0.1, 0.15) is 0 Å². The second kappa shape index (κ2) is 10.5. The fourth-order valence-corrected chi connectivity index (χ4v) is 1.37. The van der Waals surface area contributed by atoms with E-state index in [4.69, 9.17) is 19.3 Å². The Labute approximate surface area is 102 Å². The van der Waals surface area contributed by atoms with Crippen LogP contribution in [-0.4, -0.2) is 75.8 Å². The number of aliphatic carboxylic acids is 1. The van der Waals surface area contributed by atoms with Crippen LogP contribution in [0.5, 0.6) is 0 Å². The van der Waals surface area contributed by atoms with Gasteiger partial charge in [-0.1, -0.05) is 0 Å². The number of carboxylic acid groups (broad SMARTS) is 1. The molecule has 0 fully saturated rings. The van der Waals surface area contributed by atoms with E-state index in [1.165, 1.54) is 0 Å². The molecule has 0 saturated carbocycles. The fourth-order valence-electron chi connectivity index (χ4n) is 1.37. The number of rotatable bonds is 11. The van der Waals surface area contributed by atoms with Crippen molar-refractivity contribution in [3.63, 3.8) is 0 Å². The molecule has 0 saturated heterocycles. The lowest BCUT2D eigenvalue weighted by Gasteiger charge is -2.24. The third-order valence-electron chi connectivity index (χ3n) is 2.29. The molecule has 0 aromatic heterocycles. The van der Waals surface area contributed by atoms with Crippen LogP contribution in [0.25, 0.3) is 0 Å². The Balaban J connectivity index is 4.19. The SMILES string of the molecule is CCOC(CN(CCOC)CCOC)C(=O)O. The smallest absolute Gasteiger partial charge is 0.334 e. The Kier molecular flexibility index (Phi) is 10.0. The average molecular weight is 249 g/mol. The van der Waals surface area contributed by atoms with Gasteiger partial charge in [0, 0.05) is 40.5 Å². The van der Waals surface area contributed by atoms with Crippen LogP contribution in [0.3, 0.4) is 0 Å². The lowest BCUT2D eigenvalue weighted by atomic mass is 10.3. The maximum absolute atomic E-state index is 11.0. The third-order valence-corrected chi connectivity index (χ3v) is 2.29. The van der Waals surface area contributed by atoms with Crippen molar-refractivity contribution in [1.82, 2.24) is 4.90 Å². The van der Waals surface area contributed by atoms with Gasteiger partial charge in [-0.3, -0.25) is 4.90 Å². The van der Waals surface area contributed by atoms with Gasteiger partial charge in [0.15, 0.2) is 6.10 Å². The summed E-state index contributed by atoms with van der Waals surface area (Å²) in [4.78, 5) is 12.9. The average Bonchev–Trinajstić information content (AvgIpc) is 2.31. The van der Waals surface area contributed by atoms with E-state index in [0.717, 1.165) is 0 Å². The highest BCUT2D eigenvalue weighted by Crippen LogP contribution is 1.99. The zero-order chi connectivity index (χ0) is 13.1. The molecular formula is C11H23NO5. The van der Waals surface area contributed by atoms with E-state index in [0.29, 0.717) is 39.5 Å². The highest BCUT2D eigenvalue weighted by molar-refractivity contribution is 5.72. The molecule has 0 bridgehead atoms. The minimum atomic E-state index is -0.938. The van der Waals surface area contributed by atoms with Crippen molar-refractivity contribution in [2.45, 2.75) is 13.0 Å². The molecule has 17 heavy (non-hydrogen) atoms. The van der Waals surface area contributed by atoms with Crippen LogP contribution in [-0.2, 0) is 19.0 Å². The molecule has 0 amide bonds. The summed E-state index contributed by atoms with van der Waals surface area (Å²) in [6.07, 6.45) is -0.797. The van der Waals surface area contributed by atoms with Crippen LogP contribution in [0.15, 0.2) is 0 Å². The molecule has 0 radical (unpaired) electrons. The monoisotopic (exact) mass is 249 g/mol. The molecule has 1 N–H and O–H groups in total. The summed E-state index contributed by atoms with van der Waals surface area (Å²) in [5.41, 5.74) is 0. The Morgan fingerprint density at radius 1 is 1.24 bits per heavy atom. The molecule has 102 valence electrons. The lowest BCUT2D eigenvalue weighted by Crippen LogP contribution is -2.41. The summed E-state index contributed by atoms with van der Waals surface area (Å²) in [5.74, 6) is -0.938. The molecule has 0 aromatic rings. The summed E-state index contributed by atoms with van der Waals surface area (Å²) in [6.45, 7) is 4.96. The van der Waals surface area contributed by atoms with E-state index in [9.17, 15) is 4.79 Å². The molecule has 0 heterocycles. The molecule has 6 nitrogen and oxygen atoms in total. The summed E-state index contributed by atoms with van der Waals surface area (Å²) in [5, 5.41) is 8.99. The number of hydrogen-bond donors (Lipinski definition) is 1. The van der Waals surface area contributed by atoms with E-state index in [1.54, 1.807) is 21.1 Å². The molecule has 0 spiro atoms. The van der Waals surface area contributed by atoms with Crippen molar-refractivity contribution in [3.05, 3.63) is 0 Å². The van der Waals surface area contributed by atoms with Gasteiger partial charge in [-0.15, -0.1) is 0 Å². The topological polar surface area (TPSA) is 68.2 Å². The predicted molar refractivity (Wildman–Crippen MR) is 63.2 cm³/mol. The highest BCUT2D eigenvalue weighted by Gasteiger charge is 2.20. The molecule has 0 aliphatic carbocycles. The van der Waals surface area contributed by atoms with Gasteiger partial charge in [0.05, 0.1) is 13.2 Å². The molecule has 1 unspecified atom stereocenters. The molecule has 0 rings (SSSR count). The van der Waals surface area contributed by atoms with Crippen molar-refractivity contribution in [2.24, 2.45) is 0 Å². The fraction of sp³-hybridized carbons (Fsp3) is 0.909. The van der Waals surface area contributed by atoms with Crippen LogP contribution in [0.2, 0.25) is 0 Å². The second-order valence-electron chi connectivity index (χ2n) is 3.57. The van der Waals surface area contributed by atoms with Gasteiger partial charge in [0.2, 0.25) is 0 Å². The first kappa shape index (κ1) is 16.3. The van der Waals surface area contributed by atoms with Crippen LogP contribution >= 0.6 is 0 Å². The summed E-state index contributed by atoms with van der Waals surface area (Å²) < 4.78 is 15.1. The molecule has 0 aliphatic heterocycles. The molecule has 1 atom stereocenters. The predicted octanol–water partition coefficient (Wildman–Crippen LogP) is 0.0709. The lowest BCUT2D eigenvalue weighted by molar-refractivity contribution is -0.151. The Bertz CT molecular complexity index is 192. The van der Waals surface area contributed by atoms with Crippen molar-refractivity contribution in [1.29, 1.82) is 0 Å². The Hall–Kier alpha value is -0.690. The normalized spacial score (nSPS) is 12.9. The van der Waals surface area contributed by atoms with Gasteiger partial charge in [-0.05, 0) is 6.92 Å². The molecule has 6 heteroatoms. The third kappa shape index (κ3) is 8.09. The van der Waals surface area contributed by atoms with E-state index in [-0.39, 0.29) is 0 Å². The van der Waals surface area contributed by atoms with Crippen molar-refractivity contribution >= 4 is 5.97 Å². The zero-order valence-corrected chi connectivity index (χ0v) is 10.8. The minimum Gasteiger partial charge on any atom is -0.479 e. The largest absolute Gasteiger partial charge is 0.479 e. The second-order valence-corrected chi connectivity index (χ2v) is 3.57. The van der Waals surface area contributed by atoms with Gasteiger partial charge in [-0.2, -0.15) is 0 Å². The maximum Gasteiger partial charge on any atom is 0.334 e. The summed E-state index contributed by atoms with van der Waals surface area (Å²) in [7, 11) is 3.23. The summed E-state index contributed by atoms with van der Waals surface area (Å²) >= 11 is 0. The van der Waals surface area contributed by atoms with Crippen molar-refractivity contribution in [3.8, 4) is 0 Å². The number of ether oxygens (including phenoxy) is 3. The highest BCUT2D eigenvalue weighted by atomic mass is 16.5. The summed E-state index contributed by atoms with van der Waals surface area (Å²) in [6, 6.07) is 0. The Morgan fingerprint density at radius 3 is 2.12 bits per heavy atom. The van der Waals surface area contributed by atoms with Gasteiger partial charge < -0.3 is 19.3 Å². The first-order valence-electron chi connectivity index (χ1n) is 5.70.